The molecular formula is C12H20N2O3. The van der Waals surface area contributed by atoms with Crippen molar-refractivity contribution in [2.45, 2.75) is 6.10 Å². The predicted octanol–water partition coefficient (Wildman–Crippen LogP) is 0.721. The molecule has 1 unspecified atom stereocenters. The highest BCUT2D eigenvalue weighted by molar-refractivity contribution is 5.69. The molecule has 0 saturated carbocycles. The van der Waals surface area contributed by atoms with Crippen molar-refractivity contribution in [1.29, 1.82) is 0 Å². The topological polar surface area (TPSA) is 68.0 Å². The van der Waals surface area contributed by atoms with Gasteiger partial charge in [-0.15, -0.1) is 0 Å². The fourth-order valence-electron chi connectivity index (χ4n) is 1.64. The molecule has 0 aliphatic carbocycles. The molecule has 96 valence electrons. The molecule has 0 fully saturated rings. The summed E-state index contributed by atoms with van der Waals surface area (Å²) >= 11 is 0. The van der Waals surface area contributed by atoms with E-state index in [4.69, 9.17) is 15.2 Å². The summed E-state index contributed by atoms with van der Waals surface area (Å²) in [7, 11) is 5.03. The van der Waals surface area contributed by atoms with E-state index in [1.54, 1.807) is 26.4 Å². The van der Waals surface area contributed by atoms with Crippen LogP contribution in [-0.2, 0) is 4.74 Å². The molecule has 0 aliphatic heterocycles. The van der Waals surface area contributed by atoms with E-state index in [2.05, 4.69) is 0 Å². The molecule has 0 saturated heterocycles. The molecule has 0 aromatic heterocycles. The van der Waals surface area contributed by atoms with Crippen LogP contribution in [0.2, 0.25) is 0 Å². The quantitative estimate of drug-likeness (QED) is 0.717. The van der Waals surface area contributed by atoms with Crippen molar-refractivity contribution in [3.8, 4) is 5.75 Å². The van der Waals surface area contributed by atoms with Gasteiger partial charge < -0.3 is 25.2 Å². The van der Waals surface area contributed by atoms with Crippen LogP contribution in [0, 0.1) is 0 Å². The second-order valence-corrected chi connectivity index (χ2v) is 3.91. The van der Waals surface area contributed by atoms with Gasteiger partial charge in [-0.05, 0) is 12.1 Å². The Bertz CT molecular complexity index is 358. The van der Waals surface area contributed by atoms with Crippen LogP contribution in [0.3, 0.4) is 0 Å². The first-order valence-electron chi connectivity index (χ1n) is 5.40. The van der Waals surface area contributed by atoms with Gasteiger partial charge >= 0.3 is 0 Å². The molecule has 0 amide bonds. The third kappa shape index (κ3) is 3.80. The minimum absolute atomic E-state index is 0.300. The van der Waals surface area contributed by atoms with Gasteiger partial charge in [-0.2, -0.15) is 0 Å². The molecule has 1 atom stereocenters. The van der Waals surface area contributed by atoms with Gasteiger partial charge in [0.05, 0.1) is 31.2 Å². The van der Waals surface area contributed by atoms with Gasteiger partial charge in [-0.3, -0.25) is 0 Å². The molecule has 0 heterocycles. The van der Waals surface area contributed by atoms with Crippen molar-refractivity contribution in [2.75, 3.05) is 45.1 Å². The van der Waals surface area contributed by atoms with E-state index in [1.807, 2.05) is 18.0 Å². The number of hydrogen-bond donors (Lipinski definition) is 2. The number of rotatable bonds is 6. The number of aliphatic hydroxyl groups is 1. The summed E-state index contributed by atoms with van der Waals surface area (Å²) < 4.78 is 10.0. The largest absolute Gasteiger partial charge is 0.497 e. The number of benzene rings is 1. The first-order chi connectivity index (χ1) is 8.08. The minimum atomic E-state index is -0.546. The number of likely N-dealkylation sites (N-methyl/N-ethyl adjacent to an activating group) is 1. The summed E-state index contributed by atoms with van der Waals surface area (Å²) in [5.41, 5.74) is 7.37. The zero-order valence-corrected chi connectivity index (χ0v) is 10.5. The highest BCUT2D eigenvalue weighted by Gasteiger charge is 2.11. The Morgan fingerprint density at radius 3 is 2.71 bits per heavy atom. The zero-order chi connectivity index (χ0) is 12.8. The summed E-state index contributed by atoms with van der Waals surface area (Å²) in [6.07, 6.45) is -0.546. The van der Waals surface area contributed by atoms with Crippen LogP contribution in [0.4, 0.5) is 11.4 Å². The van der Waals surface area contributed by atoms with Crippen LogP contribution in [-0.4, -0.2) is 45.6 Å². The molecule has 0 aliphatic rings. The first kappa shape index (κ1) is 13.6. The van der Waals surface area contributed by atoms with E-state index in [0.29, 0.717) is 18.8 Å². The third-order valence-electron chi connectivity index (χ3n) is 2.49. The number of aliphatic hydroxyl groups excluding tert-OH is 1. The van der Waals surface area contributed by atoms with E-state index in [0.717, 1.165) is 11.4 Å². The normalized spacial score (nSPS) is 12.2. The van der Waals surface area contributed by atoms with Crippen molar-refractivity contribution in [1.82, 2.24) is 0 Å². The van der Waals surface area contributed by atoms with Gasteiger partial charge in [0.25, 0.3) is 0 Å². The molecule has 5 heteroatoms. The average molecular weight is 240 g/mol. The number of methoxy groups -OCH3 is 2. The maximum Gasteiger partial charge on any atom is 0.121 e. The number of ether oxygens (including phenoxy) is 2. The Morgan fingerprint density at radius 1 is 1.41 bits per heavy atom. The predicted molar refractivity (Wildman–Crippen MR) is 68.6 cm³/mol. The smallest absolute Gasteiger partial charge is 0.121 e. The van der Waals surface area contributed by atoms with Gasteiger partial charge in [0.15, 0.2) is 0 Å². The molecule has 0 bridgehead atoms. The minimum Gasteiger partial charge on any atom is -0.497 e. The van der Waals surface area contributed by atoms with E-state index < -0.39 is 6.10 Å². The average Bonchev–Trinajstić information content (AvgIpc) is 2.29. The Balaban J connectivity index is 2.76. The van der Waals surface area contributed by atoms with Crippen molar-refractivity contribution in [3.63, 3.8) is 0 Å². The van der Waals surface area contributed by atoms with E-state index in [-0.39, 0.29) is 0 Å². The number of nitrogens with two attached hydrogens (primary N) is 1. The van der Waals surface area contributed by atoms with Crippen LogP contribution < -0.4 is 15.4 Å². The molecular weight excluding hydrogens is 220 g/mol. The highest BCUT2D eigenvalue weighted by Crippen LogP contribution is 2.27. The molecule has 3 N–H and O–H groups in total. The van der Waals surface area contributed by atoms with Crippen LogP contribution in [0.1, 0.15) is 0 Å². The molecule has 17 heavy (non-hydrogen) atoms. The van der Waals surface area contributed by atoms with Crippen LogP contribution in [0.15, 0.2) is 18.2 Å². The standard InChI is InChI=1S/C12H20N2O3/c1-14(7-9(15)8-16-2)12-6-10(17-3)4-5-11(12)13/h4-6,9,15H,7-8,13H2,1-3H3. The fraction of sp³-hybridized carbons (Fsp3) is 0.500. The Morgan fingerprint density at radius 2 is 2.12 bits per heavy atom. The van der Waals surface area contributed by atoms with E-state index in [1.165, 1.54) is 0 Å². The van der Waals surface area contributed by atoms with Gasteiger partial charge in [-0.25, -0.2) is 0 Å². The third-order valence-corrected chi connectivity index (χ3v) is 2.49. The SMILES string of the molecule is COCC(O)CN(C)c1cc(OC)ccc1N. The van der Waals surface area contributed by atoms with E-state index >= 15 is 0 Å². The summed E-state index contributed by atoms with van der Waals surface area (Å²) in [5.74, 6) is 0.738. The lowest BCUT2D eigenvalue weighted by Crippen LogP contribution is -2.32. The van der Waals surface area contributed by atoms with Gasteiger partial charge in [0, 0.05) is 26.8 Å². The van der Waals surface area contributed by atoms with Crippen molar-refractivity contribution in [2.24, 2.45) is 0 Å². The van der Waals surface area contributed by atoms with Crippen LogP contribution >= 0.6 is 0 Å². The van der Waals surface area contributed by atoms with Crippen LogP contribution in [0.25, 0.3) is 0 Å². The Kier molecular flexibility index (Phi) is 5.06. The monoisotopic (exact) mass is 240 g/mol. The van der Waals surface area contributed by atoms with Crippen molar-refractivity contribution in [3.05, 3.63) is 18.2 Å². The first-order valence-corrected chi connectivity index (χ1v) is 5.40. The molecule has 0 spiro atoms. The molecule has 5 nitrogen and oxygen atoms in total. The van der Waals surface area contributed by atoms with Crippen LogP contribution in [0.5, 0.6) is 5.75 Å². The van der Waals surface area contributed by atoms with Crippen molar-refractivity contribution >= 4 is 11.4 Å². The number of nitrogen functional groups attached to an aromatic ring is 1. The maximum atomic E-state index is 9.66. The lowest BCUT2D eigenvalue weighted by Gasteiger charge is -2.24. The van der Waals surface area contributed by atoms with Gasteiger partial charge in [0.1, 0.15) is 5.75 Å². The Hall–Kier alpha value is -1.46. The second kappa shape index (κ2) is 6.32. The summed E-state index contributed by atoms with van der Waals surface area (Å²) in [5, 5.41) is 9.66. The molecule has 1 aromatic rings. The number of anilines is 2. The zero-order valence-electron chi connectivity index (χ0n) is 10.5. The number of hydrogen-bond acceptors (Lipinski definition) is 5. The second-order valence-electron chi connectivity index (χ2n) is 3.91. The molecule has 0 radical (unpaired) electrons. The van der Waals surface area contributed by atoms with Gasteiger partial charge in [0.2, 0.25) is 0 Å². The number of nitrogens with zero attached hydrogens (tertiary/aromatic N) is 1. The van der Waals surface area contributed by atoms with E-state index in [9.17, 15) is 5.11 Å². The van der Waals surface area contributed by atoms with Gasteiger partial charge in [-0.1, -0.05) is 0 Å². The Labute approximate surface area is 102 Å². The van der Waals surface area contributed by atoms with Crippen molar-refractivity contribution < 1.29 is 14.6 Å². The lowest BCUT2D eigenvalue weighted by molar-refractivity contribution is 0.0695. The highest BCUT2D eigenvalue weighted by atomic mass is 16.5. The lowest BCUT2D eigenvalue weighted by atomic mass is 10.2. The molecule has 1 rings (SSSR count). The summed E-state index contributed by atoms with van der Waals surface area (Å²) in [4.78, 5) is 1.88. The molecule has 1 aromatic carbocycles. The maximum absolute atomic E-state index is 9.66. The summed E-state index contributed by atoms with van der Waals surface area (Å²) in [6, 6.07) is 5.43. The fourth-order valence-corrected chi connectivity index (χ4v) is 1.64. The summed E-state index contributed by atoms with van der Waals surface area (Å²) in [6.45, 7) is 0.749.